The zero-order chi connectivity index (χ0) is 14.8. The molecule has 3 rings (SSSR count). The predicted octanol–water partition coefficient (Wildman–Crippen LogP) is 2.19. The quantitative estimate of drug-likeness (QED) is 0.905. The Morgan fingerprint density at radius 3 is 3.10 bits per heavy atom. The molecular weight excluding hydrogens is 275 g/mol. The largest absolute Gasteiger partial charge is 0.337 e. The van der Waals surface area contributed by atoms with E-state index in [9.17, 15) is 9.18 Å². The number of hydrogen-bond acceptors (Lipinski definition) is 5. The Bertz CT molecular complexity index is 665. The van der Waals surface area contributed by atoms with Gasteiger partial charge in [0.25, 0.3) is 11.7 Å². The Kier molecular flexibility index (Phi) is 3.66. The van der Waals surface area contributed by atoms with Crippen molar-refractivity contribution >= 4 is 11.6 Å². The van der Waals surface area contributed by atoms with E-state index in [1.54, 1.807) is 6.92 Å². The van der Waals surface area contributed by atoms with Gasteiger partial charge in [-0.2, -0.15) is 4.98 Å². The van der Waals surface area contributed by atoms with Gasteiger partial charge in [-0.15, -0.1) is 0 Å². The Morgan fingerprint density at radius 1 is 1.52 bits per heavy atom. The number of hydrogen-bond donors (Lipinski definition) is 2. The van der Waals surface area contributed by atoms with E-state index in [0.717, 1.165) is 19.4 Å². The number of aromatic nitrogens is 2. The van der Waals surface area contributed by atoms with Gasteiger partial charge in [0.1, 0.15) is 5.82 Å². The zero-order valence-electron chi connectivity index (χ0n) is 11.5. The minimum atomic E-state index is -0.474. The van der Waals surface area contributed by atoms with Crippen LogP contribution in [0.3, 0.4) is 0 Å². The monoisotopic (exact) mass is 290 g/mol. The molecule has 2 heterocycles. The van der Waals surface area contributed by atoms with Crippen LogP contribution in [0.25, 0.3) is 0 Å². The number of carbonyl (C=O) groups excluding carboxylic acids is 1. The van der Waals surface area contributed by atoms with Crippen LogP contribution in [0.2, 0.25) is 0 Å². The van der Waals surface area contributed by atoms with Crippen molar-refractivity contribution in [3.63, 3.8) is 0 Å². The van der Waals surface area contributed by atoms with Crippen molar-refractivity contribution in [3.05, 3.63) is 41.3 Å². The molecule has 1 amide bonds. The fraction of sp³-hybridized carbons (Fsp3) is 0.357. The van der Waals surface area contributed by atoms with Crippen LogP contribution in [0.15, 0.2) is 22.7 Å². The van der Waals surface area contributed by atoms with Gasteiger partial charge in [-0.1, -0.05) is 5.16 Å². The van der Waals surface area contributed by atoms with Crippen molar-refractivity contribution in [2.75, 3.05) is 11.9 Å². The van der Waals surface area contributed by atoms with Gasteiger partial charge in [-0.25, -0.2) is 4.39 Å². The highest BCUT2D eigenvalue weighted by Crippen LogP contribution is 2.21. The van der Waals surface area contributed by atoms with Gasteiger partial charge in [-0.05, 0) is 50.1 Å². The highest BCUT2D eigenvalue weighted by Gasteiger charge is 2.24. The van der Waals surface area contributed by atoms with Crippen LogP contribution in [0, 0.1) is 12.7 Å². The fourth-order valence-electron chi connectivity index (χ4n) is 2.31. The summed E-state index contributed by atoms with van der Waals surface area (Å²) in [5.74, 6) is -0.423. The number of nitrogens with zero attached hydrogens (tertiary/aromatic N) is 2. The SMILES string of the molecule is Cc1cc(F)ccc1NC(=O)c1noc(C2CCCN2)n1. The summed E-state index contributed by atoms with van der Waals surface area (Å²) < 4.78 is 18.1. The van der Waals surface area contributed by atoms with Crippen molar-refractivity contribution < 1.29 is 13.7 Å². The number of nitrogens with one attached hydrogen (secondary N) is 2. The molecule has 0 aliphatic carbocycles. The van der Waals surface area contributed by atoms with E-state index in [2.05, 4.69) is 20.8 Å². The van der Waals surface area contributed by atoms with Crippen molar-refractivity contribution in [2.24, 2.45) is 0 Å². The second kappa shape index (κ2) is 5.61. The number of aryl methyl sites for hydroxylation is 1. The molecule has 1 atom stereocenters. The highest BCUT2D eigenvalue weighted by molar-refractivity contribution is 6.01. The molecule has 2 N–H and O–H groups in total. The zero-order valence-corrected chi connectivity index (χ0v) is 11.5. The Hall–Kier alpha value is -2.28. The molecule has 1 aromatic heterocycles. The molecule has 0 spiro atoms. The molecule has 0 radical (unpaired) electrons. The first-order valence-corrected chi connectivity index (χ1v) is 6.78. The Labute approximate surface area is 120 Å². The van der Waals surface area contributed by atoms with E-state index in [1.165, 1.54) is 18.2 Å². The maximum Gasteiger partial charge on any atom is 0.297 e. The molecule has 1 aliphatic heterocycles. The topological polar surface area (TPSA) is 80.0 Å². The first kappa shape index (κ1) is 13.7. The predicted molar refractivity (Wildman–Crippen MR) is 73.4 cm³/mol. The summed E-state index contributed by atoms with van der Waals surface area (Å²) in [5, 5.41) is 9.56. The summed E-state index contributed by atoms with van der Waals surface area (Å²) in [7, 11) is 0. The molecule has 7 heteroatoms. The lowest BCUT2D eigenvalue weighted by Gasteiger charge is -2.06. The van der Waals surface area contributed by atoms with Gasteiger partial charge >= 0.3 is 0 Å². The van der Waals surface area contributed by atoms with Crippen LogP contribution >= 0.6 is 0 Å². The summed E-state index contributed by atoms with van der Waals surface area (Å²) in [6.45, 7) is 2.62. The molecule has 1 fully saturated rings. The third-order valence-corrected chi connectivity index (χ3v) is 3.44. The molecular formula is C14H15FN4O2. The van der Waals surface area contributed by atoms with E-state index >= 15 is 0 Å². The summed E-state index contributed by atoms with van der Waals surface area (Å²) in [5.41, 5.74) is 1.15. The van der Waals surface area contributed by atoms with Gasteiger partial charge in [0.2, 0.25) is 5.89 Å². The average molecular weight is 290 g/mol. The summed E-state index contributed by atoms with van der Waals surface area (Å²) in [6.07, 6.45) is 1.96. The number of carbonyl (C=O) groups is 1. The lowest BCUT2D eigenvalue weighted by Crippen LogP contribution is -2.16. The van der Waals surface area contributed by atoms with Gasteiger partial charge < -0.3 is 15.2 Å². The van der Waals surface area contributed by atoms with Crippen LogP contribution in [0.5, 0.6) is 0 Å². The van der Waals surface area contributed by atoms with Crippen molar-refractivity contribution in [3.8, 4) is 0 Å². The van der Waals surface area contributed by atoms with E-state index in [1.807, 2.05) is 0 Å². The number of benzene rings is 1. The van der Waals surface area contributed by atoms with Gasteiger partial charge in [0, 0.05) is 5.69 Å². The van der Waals surface area contributed by atoms with Crippen molar-refractivity contribution in [1.82, 2.24) is 15.5 Å². The van der Waals surface area contributed by atoms with Crippen LogP contribution in [-0.2, 0) is 0 Å². The molecule has 1 aromatic carbocycles. The summed E-state index contributed by atoms with van der Waals surface area (Å²) >= 11 is 0. The normalized spacial score (nSPS) is 17.9. The van der Waals surface area contributed by atoms with Gasteiger partial charge in [-0.3, -0.25) is 4.79 Å². The minimum Gasteiger partial charge on any atom is -0.337 e. The lowest BCUT2D eigenvalue weighted by molar-refractivity contribution is 0.101. The Morgan fingerprint density at radius 2 is 2.38 bits per heavy atom. The second-order valence-electron chi connectivity index (χ2n) is 5.02. The van der Waals surface area contributed by atoms with E-state index in [0.29, 0.717) is 17.1 Å². The molecule has 1 saturated heterocycles. The van der Waals surface area contributed by atoms with Crippen molar-refractivity contribution in [1.29, 1.82) is 0 Å². The molecule has 2 aromatic rings. The summed E-state index contributed by atoms with van der Waals surface area (Å²) in [4.78, 5) is 16.2. The Balaban J connectivity index is 1.73. The highest BCUT2D eigenvalue weighted by atomic mass is 19.1. The second-order valence-corrected chi connectivity index (χ2v) is 5.02. The third-order valence-electron chi connectivity index (χ3n) is 3.44. The van der Waals surface area contributed by atoms with Gasteiger partial charge in [0.05, 0.1) is 6.04 Å². The maximum atomic E-state index is 13.0. The molecule has 0 saturated carbocycles. The maximum absolute atomic E-state index is 13.0. The van der Waals surface area contributed by atoms with Crippen LogP contribution in [0.4, 0.5) is 10.1 Å². The van der Waals surface area contributed by atoms with Crippen LogP contribution in [-0.4, -0.2) is 22.6 Å². The number of rotatable bonds is 3. The smallest absolute Gasteiger partial charge is 0.297 e. The molecule has 1 unspecified atom stereocenters. The minimum absolute atomic E-state index is 0.0200. The number of anilines is 1. The molecule has 1 aliphatic rings. The average Bonchev–Trinajstić information content (AvgIpc) is 3.10. The summed E-state index contributed by atoms with van der Waals surface area (Å²) in [6, 6.07) is 4.15. The van der Waals surface area contributed by atoms with E-state index in [-0.39, 0.29) is 17.7 Å². The third kappa shape index (κ3) is 2.92. The molecule has 110 valence electrons. The standard InChI is InChI=1S/C14H15FN4O2/c1-8-7-9(15)4-5-10(8)17-13(20)12-18-14(21-19-12)11-3-2-6-16-11/h4-5,7,11,16H,2-3,6H2,1H3,(H,17,20). The lowest BCUT2D eigenvalue weighted by atomic mass is 10.2. The van der Waals surface area contributed by atoms with Crippen LogP contribution in [0.1, 0.15) is 41.0 Å². The van der Waals surface area contributed by atoms with Crippen molar-refractivity contribution in [2.45, 2.75) is 25.8 Å². The van der Waals surface area contributed by atoms with Gasteiger partial charge in [0.15, 0.2) is 0 Å². The van der Waals surface area contributed by atoms with E-state index in [4.69, 9.17) is 4.52 Å². The first-order chi connectivity index (χ1) is 10.1. The fourth-order valence-corrected chi connectivity index (χ4v) is 2.31. The molecule has 6 nitrogen and oxygen atoms in total. The van der Waals surface area contributed by atoms with E-state index < -0.39 is 5.91 Å². The number of amides is 1. The van der Waals surface area contributed by atoms with Crippen LogP contribution < -0.4 is 10.6 Å². The molecule has 21 heavy (non-hydrogen) atoms. The molecule has 0 bridgehead atoms. The number of halogens is 1. The first-order valence-electron chi connectivity index (χ1n) is 6.78.